The van der Waals surface area contributed by atoms with Crippen LogP contribution in [0.25, 0.3) is 0 Å². The monoisotopic (exact) mass is 325 g/mol. The van der Waals surface area contributed by atoms with Crippen molar-refractivity contribution in [2.45, 2.75) is 13.2 Å². The Morgan fingerprint density at radius 2 is 2.38 bits per heavy atom. The van der Waals surface area contributed by atoms with Crippen LogP contribution < -0.4 is 10.2 Å². The molecule has 0 saturated heterocycles. The molecule has 0 aliphatic carbocycles. The zero-order valence-corrected chi connectivity index (χ0v) is 13.4. The lowest BCUT2D eigenvalue weighted by Crippen LogP contribution is -3.07. The molecule has 0 bridgehead atoms. The lowest BCUT2D eigenvalue weighted by Gasteiger charge is -2.13. The van der Waals surface area contributed by atoms with E-state index < -0.39 is 0 Å². The van der Waals surface area contributed by atoms with Gasteiger partial charge in [-0.05, 0) is 24.4 Å². The highest BCUT2D eigenvalue weighted by molar-refractivity contribution is 7.73. The molecule has 0 spiro atoms. The number of hydrogen-bond acceptors (Lipinski definition) is 4. The molecule has 7 heteroatoms. The van der Waals surface area contributed by atoms with Crippen LogP contribution in [0.1, 0.15) is 5.56 Å². The van der Waals surface area contributed by atoms with Crippen LogP contribution in [0.15, 0.2) is 36.9 Å². The summed E-state index contributed by atoms with van der Waals surface area (Å²) in [5.74, 6) is -0.207. The van der Waals surface area contributed by atoms with Crippen LogP contribution in [-0.4, -0.2) is 23.4 Å². The fraction of sp³-hybridized carbons (Fsp3) is 0.286. The zero-order valence-electron chi connectivity index (χ0n) is 11.8. The molecule has 4 nitrogen and oxygen atoms in total. The molecule has 0 aliphatic rings. The number of nitrogens with one attached hydrogen (secondary N) is 2. The van der Waals surface area contributed by atoms with Crippen LogP contribution in [0.2, 0.25) is 0 Å². The lowest BCUT2D eigenvalue weighted by atomic mass is 10.2. The van der Waals surface area contributed by atoms with E-state index in [2.05, 4.69) is 17.0 Å². The number of benzene rings is 1. The van der Waals surface area contributed by atoms with Gasteiger partial charge in [0, 0.05) is 12.1 Å². The summed E-state index contributed by atoms with van der Waals surface area (Å²) in [4.78, 5) is 1.18. The van der Waals surface area contributed by atoms with E-state index in [1.54, 1.807) is 22.9 Å². The molecule has 1 heterocycles. The average molecular weight is 325 g/mol. The van der Waals surface area contributed by atoms with Gasteiger partial charge in [0.2, 0.25) is 5.13 Å². The molecule has 2 N–H and O–H groups in total. The summed E-state index contributed by atoms with van der Waals surface area (Å²) in [5, 5.41) is 8.34. The maximum atomic E-state index is 13.2. The predicted octanol–water partition coefficient (Wildman–Crippen LogP) is 2.08. The molecule has 0 aliphatic heterocycles. The van der Waals surface area contributed by atoms with Gasteiger partial charge in [0.25, 0.3) is 0 Å². The third-order valence-electron chi connectivity index (χ3n) is 2.82. The molecule has 0 saturated carbocycles. The number of halogens is 1. The molecule has 1 aromatic carbocycles. The van der Waals surface area contributed by atoms with Gasteiger partial charge in [0.05, 0.1) is 7.05 Å². The predicted molar refractivity (Wildman–Crippen MR) is 86.6 cm³/mol. The second-order valence-corrected chi connectivity index (χ2v) is 6.39. The minimum Gasteiger partial charge on any atom is -0.357 e. The molecule has 1 atom stereocenters. The first kappa shape index (κ1) is 15.8. The van der Waals surface area contributed by atoms with E-state index in [4.69, 9.17) is 12.2 Å². The number of hydrogen-bond donors (Lipinski definition) is 2. The molecule has 0 fully saturated rings. The minimum absolute atomic E-state index is 0.207. The van der Waals surface area contributed by atoms with Gasteiger partial charge in [-0.2, -0.15) is 4.68 Å². The van der Waals surface area contributed by atoms with Gasteiger partial charge in [0.15, 0.2) is 10.6 Å². The van der Waals surface area contributed by atoms with Crippen LogP contribution in [0.3, 0.4) is 0 Å². The van der Waals surface area contributed by atoms with Gasteiger partial charge in [0.1, 0.15) is 12.4 Å². The summed E-state index contributed by atoms with van der Waals surface area (Å²) in [6, 6.07) is 6.65. The number of anilines is 1. The summed E-state index contributed by atoms with van der Waals surface area (Å²) < 4.78 is 15.7. The molecule has 2 rings (SSSR count). The smallest absolute Gasteiger partial charge is 0.205 e. The van der Waals surface area contributed by atoms with Crippen molar-refractivity contribution in [1.82, 2.24) is 9.78 Å². The van der Waals surface area contributed by atoms with Gasteiger partial charge in [-0.15, -0.1) is 11.7 Å². The molecule has 2 aromatic rings. The minimum atomic E-state index is -0.207. The van der Waals surface area contributed by atoms with Crippen molar-refractivity contribution in [3.05, 3.63) is 52.3 Å². The van der Waals surface area contributed by atoms with Crippen molar-refractivity contribution in [2.75, 3.05) is 18.9 Å². The standard InChI is InChI=1S/C14H17FN4S2/c1-3-7-16-13-17-19(14(20)21-13)10-18(2)9-11-5-4-6-12(15)8-11/h3-6,8H,1,7,9-10H2,2H3,(H,16,17)/p+1. The highest BCUT2D eigenvalue weighted by Gasteiger charge is 2.09. The van der Waals surface area contributed by atoms with E-state index in [0.29, 0.717) is 19.8 Å². The Morgan fingerprint density at radius 1 is 1.57 bits per heavy atom. The van der Waals surface area contributed by atoms with Gasteiger partial charge < -0.3 is 10.2 Å². The summed E-state index contributed by atoms with van der Waals surface area (Å²) >= 11 is 6.75. The molecule has 0 amide bonds. The number of nitrogens with zero attached hydrogens (tertiary/aromatic N) is 2. The van der Waals surface area contributed by atoms with Crippen LogP contribution in [0.4, 0.5) is 9.52 Å². The molecule has 1 unspecified atom stereocenters. The summed E-state index contributed by atoms with van der Waals surface area (Å²) in [6.07, 6.45) is 1.77. The van der Waals surface area contributed by atoms with Crippen molar-refractivity contribution < 1.29 is 9.29 Å². The molecule has 21 heavy (non-hydrogen) atoms. The van der Waals surface area contributed by atoms with Crippen LogP contribution in [0.5, 0.6) is 0 Å². The van der Waals surface area contributed by atoms with Crippen molar-refractivity contribution in [3.63, 3.8) is 0 Å². The van der Waals surface area contributed by atoms with Crippen LogP contribution in [-0.2, 0) is 13.2 Å². The Balaban J connectivity index is 1.99. The van der Waals surface area contributed by atoms with E-state index in [0.717, 1.165) is 14.6 Å². The molecule has 112 valence electrons. The first-order valence-corrected chi connectivity index (χ1v) is 7.79. The highest BCUT2D eigenvalue weighted by Crippen LogP contribution is 2.13. The molecular weight excluding hydrogens is 307 g/mol. The van der Waals surface area contributed by atoms with Crippen LogP contribution >= 0.6 is 23.6 Å². The second kappa shape index (κ2) is 7.44. The lowest BCUT2D eigenvalue weighted by molar-refractivity contribution is -0.917. The first-order chi connectivity index (χ1) is 10.1. The van der Waals surface area contributed by atoms with Crippen LogP contribution in [0, 0.1) is 9.77 Å². The van der Waals surface area contributed by atoms with E-state index in [9.17, 15) is 4.39 Å². The SMILES string of the molecule is C=CCNc1nn(C[NH+](C)Cc2cccc(F)c2)c(=S)s1. The number of aromatic nitrogens is 2. The highest BCUT2D eigenvalue weighted by atomic mass is 32.1. The third-order valence-corrected chi connectivity index (χ3v) is 4.08. The quantitative estimate of drug-likeness (QED) is 0.604. The Hall–Kier alpha value is -1.57. The summed E-state index contributed by atoms with van der Waals surface area (Å²) in [5.41, 5.74) is 0.958. The summed E-state index contributed by atoms with van der Waals surface area (Å²) in [6.45, 7) is 5.67. The van der Waals surface area contributed by atoms with Crippen molar-refractivity contribution in [2.24, 2.45) is 0 Å². The van der Waals surface area contributed by atoms with E-state index in [1.807, 2.05) is 13.1 Å². The van der Waals surface area contributed by atoms with Crippen molar-refractivity contribution in [1.29, 1.82) is 0 Å². The Morgan fingerprint density at radius 3 is 3.10 bits per heavy atom. The van der Waals surface area contributed by atoms with Gasteiger partial charge in [-0.3, -0.25) is 0 Å². The Bertz CT molecular complexity index is 665. The fourth-order valence-electron chi connectivity index (χ4n) is 1.94. The third kappa shape index (κ3) is 4.73. The molecule has 0 radical (unpaired) electrons. The van der Waals surface area contributed by atoms with E-state index in [1.165, 1.54) is 22.3 Å². The first-order valence-electron chi connectivity index (χ1n) is 6.57. The van der Waals surface area contributed by atoms with E-state index >= 15 is 0 Å². The van der Waals surface area contributed by atoms with Gasteiger partial charge in [-0.25, -0.2) is 4.39 Å². The zero-order chi connectivity index (χ0) is 15.2. The largest absolute Gasteiger partial charge is 0.357 e. The maximum absolute atomic E-state index is 13.2. The normalized spacial score (nSPS) is 12.1. The number of quaternary nitrogens is 1. The second-order valence-electron chi connectivity index (χ2n) is 4.76. The topological polar surface area (TPSA) is 34.3 Å². The van der Waals surface area contributed by atoms with E-state index in [-0.39, 0.29) is 5.82 Å². The molecule has 1 aromatic heterocycles. The maximum Gasteiger partial charge on any atom is 0.205 e. The van der Waals surface area contributed by atoms with Crippen molar-refractivity contribution >= 4 is 28.7 Å². The van der Waals surface area contributed by atoms with Crippen molar-refractivity contribution in [3.8, 4) is 0 Å². The van der Waals surface area contributed by atoms with Gasteiger partial charge in [-0.1, -0.05) is 29.5 Å². The summed E-state index contributed by atoms with van der Waals surface area (Å²) in [7, 11) is 2.03. The number of rotatable bonds is 7. The Labute approximate surface area is 132 Å². The van der Waals surface area contributed by atoms with Gasteiger partial charge >= 0.3 is 0 Å². The Kier molecular flexibility index (Phi) is 5.60. The molecular formula is C14H18FN4S2+. The fourth-order valence-corrected chi connectivity index (χ4v) is 2.96. The average Bonchev–Trinajstić information content (AvgIpc) is 2.77.